The predicted molar refractivity (Wildman–Crippen MR) is 60.8 cm³/mol. The van der Waals surface area contributed by atoms with Gasteiger partial charge in [-0.05, 0) is 44.1 Å². The third kappa shape index (κ3) is 3.13. The van der Waals surface area contributed by atoms with Crippen LogP contribution in [0, 0.1) is 11.8 Å². The molecule has 0 bridgehead atoms. The van der Waals surface area contributed by atoms with Crippen molar-refractivity contribution in [1.29, 1.82) is 0 Å². The molecular weight excluding hydrogens is 229 g/mol. The van der Waals surface area contributed by atoms with Gasteiger partial charge in [-0.15, -0.1) is 0 Å². The lowest BCUT2D eigenvalue weighted by atomic mass is 9.79. The van der Waals surface area contributed by atoms with Crippen LogP contribution in [0.25, 0.3) is 0 Å². The van der Waals surface area contributed by atoms with Crippen LogP contribution in [0.4, 0.5) is 13.2 Å². The van der Waals surface area contributed by atoms with Crippen LogP contribution in [-0.4, -0.2) is 31.3 Å². The minimum absolute atomic E-state index is 0.221. The molecule has 0 aromatic heterocycles. The maximum atomic E-state index is 12.5. The van der Waals surface area contributed by atoms with E-state index in [1.165, 1.54) is 12.8 Å². The SMILES string of the molecule is CC1CCCNC1C1CCC(C(F)(F)F)NC1. The van der Waals surface area contributed by atoms with E-state index in [0.717, 1.165) is 6.54 Å². The van der Waals surface area contributed by atoms with Crippen molar-refractivity contribution in [3.63, 3.8) is 0 Å². The van der Waals surface area contributed by atoms with Gasteiger partial charge in [-0.2, -0.15) is 13.2 Å². The van der Waals surface area contributed by atoms with Crippen molar-refractivity contribution in [2.24, 2.45) is 11.8 Å². The number of halogens is 3. The summed E-state index contributed by atoms with van der Waals surface area (Å²) in [7, 11) is 0. The zero-order valence-corrected chi connectivity index (χ0v) is 10.2. The third-order valence-corrected chi connectivity index (χ3v) is 4.18. The van der Waals surface area contributed by atoms with Crippen molar-refractivity contribution >= 4 is 0 Å². The Hall–Kier alpha value is -0.290. The van der Waals surface area contributed by atoms with Crippen LogP contribution < -0.4 is 10.6 Å². The molecule has 2 saturated heterocycles. The summed E-state index contributed by atoms with van der Waals surface area (Å²) in [4.78, 5) is 0. The second-order valence-corrected chi connectivity index (χ2v) is 5.44. The number of hydrogen-bond donors (Lipinski definition) is 2. The Kier molecular flexibility index (Phi) is 3.98. The smallest absolute Gasteiger partial charge is 0.313 e. The zero-order chi connectivity index (χ0) is 12.5. The number of hydrogen-bond acceptors (Lipinski definition) is 2. The van der Waals surface area contributed by atoms with Crippen LogP contribution in [0.5, 0.6) is 0 Å². The molecule has 0 aromatic carbocycles. The van der Waals surface area contributed by atoms with E-state index in [1.807, 2.05) is 0 Å². The van der Waals surface area contributed by atoms with Crippen LogP contribution in [0.3, 0.4) is 0 Å². The van der Waals surface area contributed by atoms with Gasteiger partial charge in [-0.3, -0.25) is 0 Å². The first kappa shape index (κ1) is 13.1. The Morgan fingerprint density at radius 1 is 1.06 bits per heavy atom. The van der Waals surface area contributed by atoms with Gasteiger partial charge < -0.3 is 10.6 Å². The van der Waals surface area contributed by atoms with Gasteiger partial charge in [0.1, 0.15) is 6.04 Å². The maximum Gasteiger partial charge on any atom is 0.403 e. The number of nitrogens with one attached hydrogen (secondary N) is 2. The highest BCUT2D eigenvalue weighted by Gasteiger charge is 2.43. The van der Waals surface area contributed by atoms with E-state index < -0.39 is 12.2 Å². The Bertz CT molecular complexity index is 247. The first-order valence-corrected chi connectivity index (χ1v) is 6.52. The van der Waals surface area contributed by atoms with Crippen molar-refractivity contribution < 1.29 is 13.2 Å². The number of rotatable bonds is 1. The first-order chi connectivity index (χ1) is 7.98. The van der Waals surface area contributed by atoms with Crippen molar-refractivity contribution in [3.8, 4) is 0 Å². The van der Waals surface area contributed by atoms with Crippen molar-refractivity contribution in [2.75, 3.05) is 13.1 Å². The number of alkyl halides is 3. The van der Waals surface area contributed by atoms with Gasteiger partial charge in [0, 0.05) is 12.6 Å². The van der Waals surface area contributed by atoms with Crippen molar-refractivity contribution in [1.82, 2.24) is 10.6 Å². The zero-order valence-electron chi connectivity index (χ0n) is 10.2. The summed E-state index contributed by atoms with van der Waals surface area (Å²) >= 11 is 0. The number of piperidine rings is 2. The molecule has 2 rings (SSSR count). The lowest BCUT2D eigenvalue weighted by Gasteiger charge is -2.40. The Morgan fingerprint density at radius 2 is 1.82 bits per heavy atom. The van der Waals surface area contributed by atoms with Gasteiger partial charge in [-0.1, -0.05) is 6.92 Å². The molecule has 0 amide bonds. The molecule has 2 N–H and O–H groups in total. The van der Waals surface area contributed by atoms with E-state index in [2.05, 4.69) is 17.6 Å². The highest BCUT2D eigenvalue weighted by Crippen LogP contribution is 2.32. The quantitative estimate of drug-likeness (QED) is 0.746. The summed E-state index contributed by atoms with van der Waals surface area (Å²) in [5, 5.41) is 6.13. The highest BCUT2D eigenvalue weighted by molar-refractivity contribution is 4.91. The van der Waals surface area contributed by atoms with E-state index in [1.54, 1.807) is 0 Å². The van der Waals surface area contributed by atoms with Gasteiger partial charge in [0.25, 0.3) is 0 Å². The molecular formula is C12H21F3N2. The largest absolute Gasteiger partial charge is 0.403 e. The van der Waals surface area contributed by atoms with Crippen LogP contribution in [0.15, 0.2) is 0 Å². The van der Waals surface area contributed by atoms with Gasteiger partial charge >= 0.3 is 6.18 Å². The molecule has 0 spiro atoms. The average Bonchev–Trinajstić information content (AvgIpc) is 2.29. The Morgan fingerprint density at radius 3 is 2.35 bits per heavy atom. The standard InChI is InChI=1S/C12H21F3N2/c1-8-3-2-6-16-11(8)9-4-5-10(17-7-9)12(13,14)15/h8-11,16-17H,2-7H2,1H3. The molecule has 0 radical (unpaired) electrons. The van der Waals surface area contributed by atoms with Crippen LogP contribution in [0.1, 0.15) is 32.6 Å². The summed E-state index contributed by atoms with van der Waals surface area (Å²) < 4.78 is 37.5. The minimum atomic E-state index is -4.09. The lowest BCUT2D eigenvalue weighted by molar-refractivity contribution is -0.162. The molecule has 17 heavy (non-hydrogen) atoms. The Labute approximate surface area is 100 Å². The lowest BCUT2D eigenvalue weighted by Crippen LogP contribution is -2.55. The monoisotopic (exact) mass is 250 g/mol. The Balaban J connectivity index is 1.86. The second-order valence-electron chi connectivity index (χ2n) is 5.44. The minimum Gasteiger partial charge on any atom is -0.313 e. The van der Waals surface area contributed by atoms with Gasteiger partial charge in [0.05, 0.1) is 0 Å². The normalized spacial score (nSPS) is 40.2. The molecule has 100 valence electrons. The molecule has 4 atom stereocenters. The molecule has 2 fully saturated rings. The summed E-state index contributed by atoms with van der Waals surface area (Å²) in [5.74, 6) is 0.932. The summed E-state index contributed by atoms with van der Waals surface area (Å²) in [6, 6.07) is -0.900. The fraction of sp³-hybridized carbons (Fsp3) is 1.00. The fourth-order valence-corrected chi connectivity index (χ4v) is 3.17. The predicted octanol–water partition coefficient (Wildman–Crippen LogP) is 2.31. The van der Waals surface area contributed by atoms with Crippen molar-refractivity contribution in [3.05, 3.63) is 0 Å². The molecule has 4 unspecified atom stereocenters. The van der Waals surface area contributed by atoms with Gasteiger partial charge in [-0.25, -0.2) is 0 Å². The van der Waals surface area contributed by atoms with Crippen LogP contribution >= 0.6 is 0 Å². The molecule has 0 aliphatic carbocycles. The fourth-order valence-electron chi connectivity index (χ4n) is 3.17. The van der Waals surface area contributed by atoms with Crippen LogP contribution in [-0.2, 0) is 0 Å². The molecule has 0 aromatic rings. The van der Waals surface area contributed by atoms with E-state index in [9.17, 15) is 13.2 Å². The highest BCUT2D eigenvalue weighted by atomic mass is 19.4. The topological polar surface area (TPSA) is 24.1 Å². The van der Waals surface area contributed by atoms with Crippen molar-refractivity contribution in [2.45, 2.75) is 50.9 Å². The average molecular weight is 250 g/mol. The van der Waals surface area contributed by atoms with E-state index in [-0.39, 0.29) is 6.42 Å². The van der Waals surface area contributed by atoms with Gasteiger partial charge in [0.2, 0.25) is 0 Å². The third-order valence-electron chi connectivity index (χ3n) is 4.18. The summed E-state index contributed by atoms with van der Waals surface area (Å²) in [6.07, 6.45) is -0.811. The van der Waals surface area contributed by atoms with E-state index >= 15 is 0 Å². The molecule has 2 heterocycles. The summed E-state index contributed by atoms with van der Waals surface area (Å²) in [5.41, 5.74) is 0. The molecule has 2 nitrogen and oxygen atoms in total. The van der Waals surface area contributed by atoms with Gasteiger partial charge in [0.15, 0.2) is 0 Å². The van der Waals surface area contributed by atoms with Crippen LogP contribution in [0.2, 0.25) is 0 Å². The summed E-state index contributed by atoms with van der Waals surface area (Å²) in [6.45, 7) is 3.70. The molecule has 2 aliphatic heterocycles. The van der Waals surface area contributed by atoms with E-state index in [0.29, 0.717) is 30.8 Å². The molecule has 2 aliphatic rings. The van der Waals surface area contributed by atoms with E-state index in [4.69, 9.17) is 0 Å². The second kappa shape index (κ2) is 5.14. The maximum absolute atomic E-state index is 12.5. The molecule has 0 saturated carbocycles. The molecule has 5 heteroatoms. The first-order valence-electron chi connectivity index (χ1n) is 6.52.